The molecule has 1 aliphatic rings. The second kappa shape index (κ2) is 6.90. The van der Waals surface area contributed by atoms with Gasteiger partial charge in [0, 0.05) is 26.1 Å². The van der Waals surface area contributed by atoms with E-state index in [0.717, 1.165) is 12.2 Å². The number of nitrogens with one attached hydrogen (secondary N) is 2. The third kappa shape index (κ3) is 3.73. The van der Waals surface area contributed by atoms with Crippen LogP contribution in [0.2, 0.25) is 0 Å². The number of carbonyl (C=O) groups is 2. The number of hydrogen-bond donors (Lipinski definition) is 3. The molecule has 1 aromatic rings. The van der Waals surface area contributed by atoms with Crippen LogP contribution in [0.4, 0.5) is 0 Å². The van der Waals surface area contributed by atoms with E-state index in [1.165, 1.54) is 11.8 Å². The number of hydrogen-bond acceptors (Lipinski definition) is 6. The van der Waals surface area contributed by atoms with Gasteiger partial charge in [0.1, 0.15) is 11.9 Å². The van der Waals surface area contributed by atoms with Crippen LogP contribution in [0.25, 0.3) is 0 Å². The number of aromatic amines is 1. The van der Waals surface area contributed by atoms with Crippen molar-refractivity contribution < 1.29 is 9.59 Å². The Hall–Kier alpha value is -1.61. The summed E-state index contributed by atoms with van der Waals surface area (Å²) in [4.78, 5) is 29.8. The lowest BCUT2D eigenvalue weighted by molar-refractivity contribution is -0.136. The number of amides is 2. The van der Waals surface area contributed by atoms with E-state index in [1.54, 1.807) is 11.9 Å². The normalized spacial score (nSPS) is 21.6. The lowest BCUT2D eigenvalue weighted by Gasteiger charge is -2.22. The number of carbonyl (C=O) groups excluding carboxylic acids is 2. The summed E-state index contributed by atoms with van der Waals surface area (Å²) in [5.41, 5.74) is 5.86. The van der Waals surface area contributed by atoms with Crippen molar-refractivity contribution >= 4 is 23.6 Å². The molecule has 1 fully saturated rings. The Morgan fingerprint density at radius 3 is 2.95 bits per heavy atom. The number of aryl methyl sites for hydroxylation is 1. The van der Waals surface area contributed by atoms with Gasteiger partial charge in [0.15, 0.2) is 0 Å². The van der Waals surface area contributed by atoms with Crippen molar-refractivity contribution in [2.24, 2.45) is 5.73 Å². The van der Waals surface area contributed by atoms with E-state index in [2.05, 4.69) is 20.5 Å². The quantitative estimate of drug-likeness (QED) is 0.609. The molecule has 0 aliphatic carbocycles. The number of H-pyrrole nitrogens is 1. The molecule has 0 aromatic carbocycles. The zero-order valence-electron chi connectivity index (χ0n) is 12.1. The zero-order chi connectivity index (χ0) is 15.4. The maximum absolute atomic E-state index is 12.3. The lowest BCUT2D eigenvalue weighted by Crippen LogP contribution is -2.45. The fourth-order valence-electron chi connectivity index (χ4n) is 2.27. The number of nitrogens with zero attached hydrogens (tertiary/aromatic N) is 3. The average Bonchev–Trinajstić information content (AvgIpc) is 3.10. The Balaban J connectivity index is 1.93. The van der Waals surface area contributed by atoms with Gasteiger partial charge in [0.05, 0.1) is 5.75 Å². The van der Waals surface area contributed by atoms with Crippen LogP contribution in [0.5, 0.6) is 0 Å². The van der Waals surface area contributed by atoms with Crippen LogP contribution < -0.4 is 11.1 Å². The highest BCUT2D eigenvalue weighted by molar-refractivity contribution is 7.99. The van der Waals surface area contributed by atoms with Crippen LogP contribution in [-0.4, -0.2) is 63.3 Å². The van der Waals surface area contributed by atoms with E-state index < -0.39 is 6.04 Å². The van der Waals surface area contributed by atoms with Crippen LogP contribution in [0.3, 0.4) is 0 Å². The molecule has 116 valence electrons. The summed E-state index contributed by atoms with van der Waals surface area (Å²) in [5.74, 6) is 0.689. The predicted octanol–water partition coefficient (Wildman–Crippen LogP) is -0.867. The minimum absolute atomic E-state index is 0.121. The summed E-state index contributed by atoms with van der Waals surface area (Å²) in [6.45, 7) is 2.38. The smallest absolute Gasteiger partial charge is 0.242 e. The number of likely N-dealkylation sites (N-methyl/N-ethyl adjacent to an activating group) is 1. The van der Waals surface area contributed by atoms with Gasteiger partial charge in [-0.05, 0) is 6.42 Å². The molecule has 1 saturated heterocycles. The molecule has 2 heterocycles. The summed E-state index contributed by atoms with van der Waals surface area (Å²) in [6, 6.07) is -0.632. The van der Waals surface area contributed by atoms with E-state index in [4.69, 9.17) is 5.73 Å². The Morgan fingerprint density at radius 2 is 2.33 bits per heavy atom. The highest BCUT2D eigenvalue weighted by Gasteiger charge is 2.37. The van der Waals surface area contributed by atoms with Gasteiger partial charge in [-0.25, -0.2) is 4.98 Å². The molecule has 21 heavy (non-hydrogen) atoms. The first-order valence-corrected chi connectivity index (χ1v) is 7.84. The topological polar surface area (TPSA) is 117 Å². The van der Waals surface area contributed by atoms with Crippen molar-refractivity contribution in [1.82, 2.24) is 25.4 Å². The monoisotopic (exact) mass is 312 g/mol. The van der Waals surface area contributed by atoms with Gasteiger partial charge in [-0.2, -0.15) is 0 Å². The minimum Gasteiger partial charge on any atom is -0.357 e. The first kappa shape index (κ1) is 15.8. The Bertz CT molecular complexity index is 520. The van der Waals surface area contributed by atoms with Crippen molar-refractivity contribution in [3.8, 4) is 0 Å². The summed E-state index contributed by atoms with van der Waals surface area (Å²) in [6.07, 6.45) is 1.26. The third-order valence-electron chi connectivity index (χ3n) is 3.37. The predicted molar refractivity (Wildman–Crippen MR) is 78.6 cm³/mol. The van der Waals surface area contributed by atoms with E-state index >= 15 is 0 Å². The fraction of sp³-hybridized carbons (Fsp3) is 0.667. The summed E-state index contributed by atoms with van der Waals surface area (Å²) < 4.78 is 0. The first-order valence-electron chi connectivity index (χ1n) is 6.85. The van der Waals surface area contributed by atoms with E-state index in [0.29, 0.717) is 18.1 Å². The van der Waals surface area contributed by atoms with Crippen molar-refractivity contribution in [1.29, 1.82) is 0 Å². The maximum atomic E-state index is 12.3. The molecule has 9 heteroatoms. The molecule has 0 radical (unpaired) electrons. The SMILES string of the molecule is CCc1nc(SCC(=O)N2C[C@H](N)C[C@H]2C(=O)NC)n[nH]1. The van der Waals surface area contributed by atoms with E-state index in [1.807, 2.05) is 6.92 Å². The molecular weight excluding hydrogens is 292 g/mol. The highest BCUT2D eigenvalue weighted by atomic mass is 32.2. The third-order valence-corrected chi connectivity index (χ3v) is 4.21. The summed E-state index contributed by atoms with van der Waals surface area (Å²) >= 11 is 1.26. The van der Waals surface area contributed by atoms with Crippen molar-refractivity contribution in [2.75, 3.05) is 19.3 Å². The Labute approximate surface area is 127 Å². The lowest BCUT2D eigenvalue weighted by atomic mass is 10.1. The molecule has 1 aliphatic heterocycles. The molecule has 2 atom stereocenters. The second-order valence-electron chi connectivity index (χ2n) is 4.88. The van der Waals surface area contributed by atoms with Gasteiger partial charge < -0.3 is 16.0 Å². The van der Waals surface area contributed by atoms with E-state index in [-0.39, 0.29) is 23.6 Å². The molecule has 4 N–H and O–H groups in total. The molecule has 2 rings (SSSR count). The van der Waals surface area contributed by atoms with Gasteiger partial charge in [0.25, 0.3) is 0 Å². The van der Waals surface area contributed by atoms with Crippen LogP contribution in [0.1, 0.15) is 19.2 Å². The number of aromatic nitrogens is 3. The van der Waals surface area contributed by atoms with Gasteiger partial charge in [-0.1, -0.05) is 18.7 Å². The molecule has 2 amide bonds. The van der Waals surface area contributed by atoms with Gasteiger partial charge in [0.2, 0.25) is 17.0 Å². The fourth-order valence-corrected chi connectivity index (χ4v) is 2.97. The van der Waals surface area contributed by atoms with Crippen LogP contribution in [-0.2, 0) is 16.0 Å². The Kier molecular flexibility index (Phi) is 5.18. The van der Waals surface area contributed by atoms with Crippen molar-refractivity contribution in [2.45, 2.75) is 37.0 Å². The van der Waals surface area contributed by atoms with Crippen LogP contribution in [0.15, 0.2) is 5.16 Å². The number of likely N-dealkylation sites (tertiary alicyclic amines) is 1. The Morgan fingerprint density at radius 1 is 1.57 bits per heavy atom. The molecule has 8 nitrogen and oxygen atoms in total. The van der Waals surface area contributed by atoms with E-state index in [9.17, 15) is 9.59 Å². The summed E-state index contributed by atoms with van der Waals surface area (Å²) in [5, 5.41) is 9.94. The second-order valence-corrected chi connectivity index (χ2v) is 5.82. The average molecular weight is 312 g/mol. The molecular formula is C12H20N6O2S. The molecule has 0 spiro atoms. The number of rotatable bonds is 5. The van der Waals surface area contributed by atoms with Gasteiger partial charge in [-0.3, -0.25) is 14.7 Å². The minimum atomic E-state index is -0.476. The highest BCUT2D eigenvalue weighted by Crippen LogP contribution is 2.20. The maximum Gasteiger partial charge on any atom is 0.242 e. The summed E-state index contributed by atoms with van der Waals surface area (Å²) in [7, 11) is 1.56. The molecule has 1 aromatic heterocycles. The van der Waals surface area contributed by atoms with Crippen molar-refractivity contribution in [3.63, 3.8) is 0 Å². The van der Waals surface area contributed by atoms with Crippen LogP contribution in [0, 0.1) is 0 Å². The van der Waals surface area contributed by atoms with Gasteiger partial charge >= 0.3 is 0 Å². The number of thioether (sulfide) groups is 1. The molecule has 0 bridgehead atoms. The molecule has 0 saturated carbocycles. The van der Waals surface area contributed by atoms with Crippen LogP contribution >= 0.6 is 11.8 Å². The largest absolute Gasteiger partial charge is 0.357 e. The number of nitrogens with two attached hydrogens (primary N) is 1. The first-order chi connectivity index (χ1) is 10.0. The standard InChI is InChI=1S/C12H20N6O2S/c1-3-9-15-12(17-16-9)21-6-10(19)18-5-7(13)4-8(18)11(20)14-2/h7-8H,3-6,13H2,1-2H3,(H,14,20)(H,15,16,17)/t7-,8+/m1/s1. The molecule has 0 unspecified atom stereocenters. The van der Waals surface area contributed by atoms with Crippen molar-refractivity contribution in [3.05, 3.63) is 5.82 Å². The van der Waals surface area contributed by atoms with Gasteiger partial charge in [-0.15, -0.1) is 5.10 Å². The zero-order valence-corrected chi connectivity index (χ0v) is 12.9.